The number of H-pyrrole nitrogens is 1. The van der Waals surface area contributed by atoms with Crippen molar-refractivity contribution in [1.29, 1.82) is 0 Å². The van der Waals surface area contributed by atoms with Crippen LogP contribution in [-0.4, -0.2) is 39.4 Å². The Morgan fingerprint density at radius 2 is 1.94 bits per heavy atom. The summed E-state index contributed by atoms with van der Waals surface area (Å²) in [7, 11) is 0. The van der Waals surface area contributed by atoms with Gasteiger partial charge >= 0.3 is 0 Å². The molecule has 1 saturated heterocycles. The number of piperidine rings is 1. The van der Waals surface area contributed by atoms with Crippen LogP contribution in [0.3, 0.4) is 0 Å². The fraction of sp³-hybridized carbons (Fsp3) is 0.407. The van der Waals surface area contributed by atoms with Crippen LogP contribution in [0.1, 0.15) is 43.4 Å². The number of aryl methyl sites for hydroxylation is 1. The van der Waals surface area contributed by atoms with Gasteiger partial charge in [-0.1, -0.05) is 30.3 Å². The van der Waals surface area contributed by atoms with Crippen molar-refractivity contribution in [3.8, 4) is 5.69 Å². The Morgan fingerprint density at radius 3 is 2.79 bits per heavy atom. The molecule has 1 aliphatic heterocycles. The molecule has 3 N–H and O–H groups in total. The lowest BCUT2D eigenvalue weighted by Crippen LogP contribution is -2.41. The zero-order valence-electron chi connectivity index (χ0n) is 19.4. The Labute approximate surface area is 195 Å². The number of aromatic amines is 1. The first-order chi connectivity index (χ1) is 16.3. The summed E-state index contributed by atoms with van der Waals surface area (Å²) in [6, 6.07) is 17.7. The summed E-state index contributed by atoms with van der Waals surface area (Å²) in [5, 5.41) is 16.6. The number of nitrogens with one attached hydrogen (secondary N) is 3. The van der Waals surface area contributed by atoms with Crippen LogP contribution in [0.15, 0.2) is 67.4 Å². The highest BCUT2D eigenvalue weighted by molar-refractivity contribution is 5.85. The van der Waals surface area contributed by atoms with Crippen molar-refractivity contribution >= 4 is 10.9 Å². The largest absolute Gasteiger partial charge is 0.361 e. The highest BCUT2D eigenvalue weighted by atomic mass is 15.2. The number of rotatable bonds is 9. The third-order valence-electron chi connectivity index (χ3n) is 7.24. The van der Waals surface area contributed by atoms with Crippen molar-refractivity contribution in [3.63, 3.8) is 0 Å². The predicted octanol–water partition coefficient (Wildman–Crippen LogP) is 4.65. The molecular formula is C27H34N6. The molecule has 1 aliphatic rings. The molecule has 0 bridgehead atoms. The standard InChI is InChI=1S/C27H34N6/c1-20(21-6-3-2-4-7-21)29-16-23-12-13-28-15-22(23)8-5-9-24-17-30-27-11-10-25(14-26(24)27)33-18-31-32-19-33/h2-4,6-7,10-11,14,17-20,22-23,28-30H,5,8-9,12-13,15-16H2,1H3. The Kier molecular flexibility index (Phi) is 6.84. The van der Waals surface area contributed by atoms with Crippen LogP contribution in [0, 0.1) is 11.8 Å². The first-order valence-electron chi connectivity index (χ1n) is 12.2. The lowest BCUT2D eigenvalue weighted by Gasteiger charge is -2.33. The van der Waals surface area contributed by atoms with Crippen molar-refractivity contribution in [2.24, 2.45) is 11.8 Å². The van der Waals surface area contributed by atoms with E-state index >= 15 is 0 Å². The molecule has 172 valence electrons. The molecule has 0 radical (unpaired) electrons. The van der Waals surface area contributed by atoms with Crippen molar-refractivity contribution in [2.45, 2.75) is 38.6 Å². The molecule has 2 aromatic carbocycles. The zero-order valence-corrected chi connectivity index (χ0v) is 19.4. The van der Waals surface area contributed by atoms with E-state index in [0.29, 0.717) is 6.04 Å². The maximum atomic E-state index is 3.93. The minimum absolute atomic E-state index is 0.396. The normalized spacial score (nSPS) is 19.7. The second kappa shape index (κ2) is 10.3. The van der Waals surface area contributed by atoms with Gasteiger partial charge in [0.25, 0.3) is 0 Å². The molecule has 6 nitrogen and oxygen atoms in total. The van der Waals surface area contributed by atoms with Crippen molar-refractivity contribution < 1.29 is 0 Å². The Morgan fingerprint density at radius 1 is 1.09 bits per heavy atom. The fourth-order valence-electron chi connectivity index (χ4n) is 5.19. The highest BCUT2D eigenvalue weighted by Crippen LogP contribution is 2.27. The van der Waals surface area contributed by atoms with Crippen molar-refractivity contribution in [2.75, 3.05) is 19.6 Å². The van der Waals surface area contributed by atoms with Crippen molar-refractivity contribution in [1.82, 2.24) is 30.4 Å². The first-order valence-corrected chi connectivity index (χ1v) is 12.2. The van der Waals surface area contributed by atoms with Gasteiger partial charge in [-0.25, -0.2) is 0 Å². The van der Waals surface area contributed by atoms with E-state index in [4.69, 9.17) is 0 Å². The summed E-state index contributed by atoms with van der Waals surface area (Å²) in [5.74, 6) is 1.47. The SMILES string of the molecule is CC(NCC1CCNCC1CCCc1c[nH]c2ccc(-n3cnnc3)cc12)c1ccccc1. The van der Waals surface area contributed by atoms with Crippen LogP contribution in [-0.2, 0) is 6.42 Å². The lowest BCUT2D eigenvalue weighted by atomic mass is 9.82. The topological polar surface area (TPSA) is 70.6 Å². The van der Waals surface area contributed by atoms with Gasteiger partial charge in [0.05, 0.1) is 0 Å². The molecule has 6 heteroatoms. The van der Waals surface area contributed by atoms with Gasteiger partial charge in [-0.2, -0.15) is 0 Å². The first kappa shape index (κ1) is 21.9. The van der Waals surface area contributed by atoms with Gasteiger partial charge in [0.2, 0.25) is 0 Å². The Hall–Kier alpha value is -2.96. The van der Waals surface area contributed by atoms with E-state index in [1.54, 1.807) is 12.7 Å². The minimum atomic E-state index is 0.396. The molecule has 5 rings (SSSR count). The number of nitrogens with zero attached hydrogens (tertiary/aromatic N) is 3. The van der Waals surface area contributed by atoms with Gasteiger partial charge in [0, 0.05) is 28.8 Å². The lowest BCUT2D eigenvalue weighted by molar-refractivity contribution is 0.225. The van der Waals surface area contributed by atoms with Crippen LogP contribution < -0.4 is 10.6 Å². The monoisotopic (exact) mass is 442 g/mol. The van der Waals surface area contributed by atoms with Gasteiger partial charge in [-0.3, -0.25) is 4.57 Å². The number of hydrogen-bond donors (Lipinski definition) is 3. The summed E-state index contributed by atoms with van der Waals surface area (Å²) in [5.41, 5.74) is 5.06. The van der Waals surface area contributed by atoms with Crippen LogP contribution >= 0.6 is 0 Å². The average molecular weight is 443 g/mol. The maximum absolute atomic E-state index is 3.93. The second-order valence-corrected chi connectivity index (χ2v) is 9.36. The quantitative estimate of drug-likeness (QED) is 0.353. The minimum Gasteiger partial charge on any atom is -0.361 e. The third-order valence-corrected chi connectivity index (χ3v) is 7.24. The summed E-state index contributed by atoms with van der Waals surface area (Å²) in [6.07, 6.45) is 10.5. The molecule has 4 aromatic rings. The van der Waals surface area contributed by atoms with E-state index < -0.39 is 0 Å². The second-order valence-electron chi connectivity index (χ2n) is 9.36. The van der Waals surface area contributed by atoms with Gasteiger partial charge in [0.1, 0.15) is 12.7 Å². The Balaban J connectivity index is 1.18. The van der Waals surface area contributed by atoms with Gasteiger partial charge < -0.3 is 15.6 Å². The van der Waals surface area contributed by atoms with Crippen LogP contribution in [0.5, 0.6) is 0 Å². The number of aromatic nitrogens is 4. The maximum Gasteiger partial charge on any atom is 0.123 e. The van der Waals surface area contributed by atoms with E-state index in [9.17, 15) is 0 Å². The number of benzene rings is 2. The van der Waals surface area contributed by atoms with Gasteiger partial charge in [-0.15, -0.1) is 10.2 Å². The van der Waals surface area contributed by atoms with Crippen LogP contribution in [0.4, 0.5) is 0 Å². The third kappa shape index (κ3) is 5.18. The summed E-state index contributed by atoms with van der Waals surface area (Å²) >= 11 is 0. The molecule has 3 heterocycles. The molecule has 2 aromatic heterocycles. The smallest absolute Gasteiger partial charge is 0.123 e. The molecular weight excluding hydrogens is 408 g/mol. The summed E-state index contributed by atoms with van der Waals surface area (Å²) < 4.78 is 1.96. The predicted molar refractivity (Wildman–Crippen MR) is 133 cm³/mol. The molecule has 33 heavy (non-hydrogen) atoms. The van der Waals surface area contributed by atoms with E-state index in [2.05, 4.69) is 87.5 Å². The van der Waals surface area contributed by atoms with E-state index in [0.717, 1.165) is 43.6 Å². The van der Waals surface area contributed by atoms with Gasteiger partial charge in [0.15, 0.2) is 0 Å². The van der Waals surface area contributed by atoms with Gasteiger partial charge in [-0.05, 0) is 93.4 Å². The summed E-state index contributed by atoms with van der Waals surface area (Å²) in [4.78, 5) is 3.44. The average Bonchev–Trinajstić information content (AvgIpc) is 3.54. The Bertz CT molecular complexity index is 1130. The molecule has 0 aliphatic carbocycles. The molecule has 3 atom stereocenters. The number of hydrogen-bond acceptors (Lipinski definition) is 4. The zero-order chi connectivity index (χ0) is 22.5. The van der Waals surface area contributed by atoms with E-state index in [-0.39, 0.29) is 0 Å². The fourth-order valence-corrected chi connectivity index (χ4v) is 5.19. The summed E-state index contributed by atoms with van der Waals surface area (Å²) in [6.45, 7) is 5.64. The van der Waals surface area contributed by atoms with Crippen LogP contribution in [0.25, 0.3) is 16.6 Å². The number of fused-ring (bicyclic) bond motifs is 1. The highest BCUT2D eigenvalue weighted by Gasteiger charge is 2.25. The van der Waals surface area contributed by atoms with Crippen molar-refractivity contribution in [3.05, 3.63) is 78.5 Å². The van der Waals surface area contributed by atoms with Crippen LogP contribution in [0.2, 0.25) is 0 Å². The molecule has 0 saturated carbocycles. The molecule has 3 unspecified atom stereocenters. The van der Waals surface area contributed by atoms with E-state index in [1.165, 1.54) is 41.3 Å². The molecule has 0 spiro atoms. The van der Waals surface area contributed by atoms with E-state index in [1.807, 2.05) is 4.57 Å². The molecule has 0 amide bonds. The molecule has 1 fully saturated rings.